The molecule has 2 N–H and O–H groups in total. The number of hydrogen-bond donors (Lipinski definition) is 2. The number of amides is 2. The molecule has 0 atom stereocenters. The van der Waals surface area contributed by atoms with Crippen LogP contribution < -0.4 is 5.32 Å². The first-order valence-electron chi connectivity index (χ1n) is 6.82. The van der Waals surface area contributed by atoms with E-state index in [0.29, 0.717) is 12.1 Å². The van der Waals surface area contributed by atoms with Crippen molar-refractivity contribution in [2.24, 2.45) is 0 Å². The molecule has 0 aromatic heterocycles. The van der Waals surface area contributed by atoms with Crippen molar-refractivity contribution in [3.63, 3.8) is 0 Å². The third kappa shape index (κ3) is 5.28. The van der Waals surface area contributed by atoms with E-state index < -0.39 is 0 Å². The number of rotatable bonds is 5. The molecule has 0 unspecified atom stereocenters. The third-order valence-corrected chi connectivity index (χ3v) is 2.84. The van der Waals surface area contributed by atoms with Gasteiger partial charge in [0.25, 0.3) is 5.91 Å². The molecule has 0 bridgehead atoms. The third-order valence-electron chi connectivity index (χ3n) is 2.84. The van der Waals surface area contributed by atoms with Crippen molar-refractivity contribution in [3.8, 4) is 11.8 Å². The predicted molar refractivity (Wildman–Crippen MR) is 80.7 cm³/mol. The molecule has 0 radical (unpaired) electrons. The Hall–Kier alpha value is -2.32. The van der Waals surface area contributed by atoms with E-state index in [4.69, 9.17) is 5.11 Å². The minimum Gasteiger partial charge on any atom is -0.384 e. The van der Waals surface area contributed by atoms with Crippen LogP contribution in [-0.4, -0.2) is 48.6 Å². The summed E-state index contributed by atoms with van der Waals surface area (Å²) in [7, 11) is 1.55. The minimum absolute atomic E-state index is 0.0508. The number of nitrogens with zero attached hydrogens (tertiary/aromatic N) is 1. The van der Waals surface area contributed by atoms with Crippen molar-refractivity contribution in [2.75, 3.05) is 26.7 Å². The van der Waals surface area contributed by atoms with Crippen LogP contribution >= 0.6 is 0 Å². The smallest absolute Gasteiger partial charge is 0.254 e. The van der Waals surface area contributed by atoms with Crippen LogP contribution in [0, 0.1) is 11.8 Å². The van der Waals surface area contributed by atoms with Gasteiger partial charge in [-0.2, -0.15) is 0 Å². The predicted octanol–water partition coefficient (Wildman–Crippen LogP) is 0.629. The van der Waals surface area contributed by atoms with Crippen molar-refractivity contribution in [2.45, 2.75) is 13.3 Å². The second-order valence-corrected chi connectivity index (χ2v) is 4.44. The first-order valence-corrected chi connectivity index (χ1v) is 6.82. The summed E-state index contributed by atoms with van der Waals surface area (Å²) in [6, 6.07) is 6.80. The second-order valence-electron chi connectivity index (χ2n) is 4.44. The number of hydrogen-bond acceptors (Lipinski definition) is 3. The summed E-state index contributed by atoms with van der Waals surface area (Å²) in [5.74, 6) is 4.94. The Kier molecular flexibility index (Phi) is 6.99. The van der Waals surface area contributed by atoms with Crippen LogP contribution in [0.4, 0.5) is 0 Å². The Morgan fingerprint density at radius 1 is 1.29 bits per heavy atom. The lowest BCUT2D eigenvalue weighted by molar-refractivity contribution is -0.121. The lowest BCUT2D eigenvalue weighted by Crippen LogP contribution is -2.40. The molecule has 0 heterocycles. The highest BCUT2D eigenvalue weighted by Crippen LogP contribution is 2.08. The zero-order valence-electron chi connectivity index (χ0n) is 12.3. The van der Waals surface area contributed by atoms with Gasteiger partial charge < -0.3 is 15.3 Å². The summed E-state index contributed by atoms with van der Waals surface area (Å²) in [5.41, 5.74) is 1.25. The van der Waals surface area contributed by atoms with Crippen molar-refractivity contribution >= 4 is 11.8 Å². The fourth-order valence-corrected chi connectivity index (χ4v) is 1.80. The molecule has 1 rings (SSSR count). The van der Waals surface area contributed by atoms with Gasteiger partial charge in [-0.3, -0.25) is 9.59 Å². The first kappa shape index (κ1) is 16.7. The molecule has 2 amide bonds. The summed E-state index contributed by atoms with van der Waals surface area (Å²) in [5, 5.41) is 11.2. The van der Waals surface area contributed by atoms with Gasteiger partial charge in [0.05, 0.1) is 6.54 Å². The van der Waals surface area contributed by atoms with Crippen molar-refractivity contribution < 1.29 is 14.7 Å². The lowest BCUT2D eigenvalue weighted by atomic mass is 10.1. The highest BCUT2D eigenvalue weighted by Gasteiger charge is 2.17. The molecular weight excluding hydrogens is 268 g/mol. The fourth-order valence-electron chi connectivity index (χ4n) is 1.80. The van der Waals surface area contributed by atoms with Crippen LogP contribution in [0.25, 0.3) is 0 Å². The molecule has 0 aliphatic heterocycles. The average Bonchev–Trinajstić information content (AvgIpc) is 2.52. The molecule has 112 valence electrons. The molecule has 5 heteroatoms. The van der Waals surface area contributed by atoms with Crippen LogP contribution in [0.5, 0.6) is 0 Å². The number of benzene rings is 1. The number of carbonyl (C=O) groups is 2. The van der Waals surface area contributed by atoms with E-state index >= 15 is 0 Å². The number of aliphatic hydroxyl groups is 1. The van der Waals surface area contributed by atoms with Crippen molar-refractivity contribution in [1.82, 2.24) is 10.2 Å². The minimum atomic E-state index is -0.197. The topological polar surface area (TPSA) is 69.6 Å². The Balaban J connectivity index is 2.85. The van der Waals surface area contributed by atoms with Gasteiger partial charge in [-0.1, -0.05) is 18.8 Å². The quantitative estimate of drug-likeness (QED) is 0.781. The molecule has 0 aliphatic carbocycles. The normalized spacial score (nSPS) is 9.48. The summed E-state index contributed by atoms with van der Waals surface area (Å²) in [6.07, 6.45) is 0.781. The summed E-state index contributed by atoms with van der Waals surface area (Å²) in [6.45, 7) is 2.34. The van der Waals surface area contributed by atoms with E-state index in [1.54, 1.807) is 31.3 Å². The molecule has 0 aliphatic rings. The van der Waals surface area contributed by atoms with Gasteiger partial charge in [0, 0.05) is 24.7 Å². The number of likely N-dealkylation sites (N-methyl/N-ethyl adjacent to an activating group) is 1. The molecule has 5 nitrogen and oxygen atoms in total. The molecule has 0 saturated heterocycles. The largest absolute Gasteiger partial charge is 0.384 e. The Morgan fingerprint density at radius 3 is 2.48 bits per heavy atom. The monoisotopic (exact) mass is 288 g/mol. The van der Waals surface area contributed by atoms with Crippen molar-refractivity contribution in [1.29, 1.82) is 0 Å². The van der Waals surface area contributed by atoms with E-state index in [1.807, 2.05) is 6.92 Å². The first-order chi connectivity index (χ1) is 10.1. The maximum Gasteiger partial charge on any atom is 0.254 e. The van der Waals surface area contributed by atoms with Crippen LogP contribution in [0.2, 0.25) is 0 Å². The second kappa shape index (κ2) is 8.77. The average molecular weight is 288 g/mol. The highest BCUT2D eigenvalue weighted by molar-refractivity contribution is 5.96. The molecule has 0 spiro atoms. The Morgan fingerprint density at radius 2 is 1.95 bits per heavy atom. The van der Waals surface area contributed by atoms with Gasteiger partial charge >= 0.3 is 0 Å². The number of aliphatic hydroxyl groups excluding tert-OH is 1. The van der Waals surface area contributed by atoms with E-state index in [0.717, 1.165) is 12.0 Å². The number of nitrogens with one attached hydrogen (secondary N) is 1. The van der Waals surface area contributed by atoms with Gasteiger partial charge in [-0.25, -0.2) is 0 Å². The van der Waals surface area contributed by atoms with E-state index in [-0.39, 0.29) is 25.0 Å². The Bertz CT molecular complexity index is 541. The zero-order chi connectivity index (χ0) is 15.7. The van der Waals surface area contributed by atoms with E-state index in [1.165, 1.54) is 4.90 Å². The Labute approximate surface area is 125 Å². The van der Waals surface area contributed by atoms with Gasteiger partial charge in [-0.05, 0) is 30.7 Å². The molecule has 0 fully saturated rings. The fraction of sp³-hybridized carbons (Fsp3) is 0.375. The van der Waals surface area contributed by atoms with Crippen LogP contribution in [0.1, 0.15) is 29.3 Å². The van der Waals surface area contributed by atoms with Crippen molar-refractivity contribution in [3.05, 3.63) is 35.4 Å². The standard InChI is InChI=1S/C16H20N2O3/c1-3-10-18(12-15(20)17-2)16(21)14-8-6-13(7-9-14)5-4-11-19/h6-9,19H,3,10-12H2,1-2H3,(H,17,20). The maximum absolute atomic E-state index is 12.4. The van der Waals surface area contributed by atoms with Gasteiger partial charge in [-0.15, -0.1) is 0 Å². The zero-order valence-corrected chi connectivity index (χ0v) is 12.3. The number of carbonyl (C=O) groups excluding carboxylic acids is 2. The van der Waals surface area contributed by atoms with Gasteiger partial charge in [0.15, 0.2) is 0 Å². The van der Waals surface area contributed by atoms with Gasteiger partial charge in [0.2, 0.25) is 5.91 Å². The van der Waals surface area contributed by atoms with Crippen LogP contribution in [0.15, 0.2) is 24.3 Å². The summed E-state index contributed by atoms with van der Waals surface area (Å²) < 4.78 is 0. The molecule has 21 heavy (non-hydrogen) atoms. The summed E-state index contributed by atoms with van der Waals surface area (Å²) >= 11 is 0. The highest BCUT2D eigenvalue weighted by atomic mass is 16.2. The van der Waals surface area contributed by atoms with E-state index in [2.05, 4.69) is 17.2 Å². The molecule has 1 aromatic carbocycles. The lowest BCUT2D eigenvalue weighted by Gasteiger charge is -2.21. The maximum atomic E-state index is 12.4. The SMILES string of the molecule is CCCN(CC(=O)NC)C(=O)c1ccc(C#CCO)cc1. The molecular formula is C16H20N2O3. The van der Waals surface area contributed by atoms with Gasteiger partial charge in [0.1, 0.15) is 6.61 Å². The molecule has 0 saturated carbocycles. The van der Waals surface area contributed by atoms with E-state index in [9.17, 15) is 9.59 Å². The molecule has 1 aromatic rings. The summed E-state index contributed by atoms with van der Waals surface area (Å²) in [4.78, 5) is 25.4. The van der Waals surface area contributed by atoms with Crippen LogP contribution in [-0.2, 0) is 4.79 Å². The van der Waals surface area contributed by atoms with Crippen LogP contribution in [0.3, 0.4) is 0 Å².